The van der Waals surface area contributed by atoms with Gasteiger partial charge in [0.2, 0.25) is 11.8 Å². The van der Waals surface area contributed by atoms with Crippen LogP contribution in [0.1, 0.15) is 52.0 Å². The molecule has 2 aromatic rings. The number of H-pyrrole nitrogens is 1. The Morgan fingerprint density at radius 2 is 1.87 bits per heavy atom. The second-order valence-corrected chi connectivity index (χ2v) is 10.4. The van der Waals surface area contributed by atoms with Crippen LogP contribution in [0.3, 0.4) is 0 Å². The summed E-state index contributed by atoms with van der Waals surface area (Å²) < 4.78 is 12.0. The van der Waals surface area contributed by atoms with Gasteiger partial charge in [-0.15, -0.1) is 0 Å². The van der Waals surface area contributed by atoms with E-state index >= 15 is 0 Å². The van der Waals surface area contributed by atoms with E-state index in [9.17, 15) is 19.2 Å². The third kappa shape index (κ3) is 7.01. The molecule has 1 aromatic heterocycles. The van der Waals surface area contributed by atoms with Gasteiger partial charge < -0.3 is 25.0 Å². The Hall–Kier alpha value is -3.76. The zero-order valence-corrected chi connectivity index (χ0v) is 23.6. The van der Waals surface area contributed by atoms with Crippen LogP contribution in [0, 0.1) is 11.8 Å². The minimum atomic E-state index is -0.697. The molecule has 1 fully saturated rings. The number of carbonyl (C=O) groups excluding carboxylic acids is 2. The van der Waals surface area contributed by atoms with E-state index in [0.717, 1.165) is 12.0 Å². The summed E-state index contributed by atoms with van der Waals surface area (Å²) in [6.45, 7) is 7.31. The third-order valence-electron chi connectivity index (χ3n) is 7.10. The summed E-state index contributed by atoms with van der Waals surface area (Å²) in [5, 5.41) is 0. The predicted molar refractivity (Wildman–Crippen MR) is 150 cm³/mol. The van der Waals surface area contributed by atoms with Crippen molar-refractivity contribution in [1.29, 1.82) is 0 Å². The number of aromatic nitrogens is 2. The van der Waals surface area contributed by atoms with Gasteiger partial charge in [0.05, 0.1) is 20.1 Å². The molecule has 2 amide bonds. The van der Waals surface area contributed by atoms with Crippen molar-refractivity contribution >= 4 is 23.3 Å². The molecular weight excluding hydrogens is 502 g/mol. The molecule has 0 radical (unpaired) electrons. The maximum atomic E-state index is 13.8. The number of anilines is 2. The normalized spacial score (nSPS) is 15.2. The molecule has 3 N–H and O–H groups in total. The average molecular weight is 544 g/mol. The van der Waals surface area contributed by atoms with Crippen LogP contribution >= 0.6 is 0 Å². The highest BCUT2D eigenvalue weighted by Gasteiger charge is 2.38. The molecule has 0 bridgehead atoms. The van der Waals surface area contributed by atoms with Gasteiger partial charge in [0.15, 0.2) is 17.2 Å². The number of likely N-dealkylation sites (tertiary alicyclic amines) is 1. The summed E-state index contributed by atoms with van der Waals surface area (Å²) in [6, 6.07) is 5.61. The SMILES string of the molecule is CCCCn1c(N)c(N(CCC(C)C)C(=O)[C@@H]2CC(=O)N(CCc3ccc(OC)c(OC)c3)C2)c(=O)[nH]c1=O. The molecule has 11 nitrogen and oxygen atoms in total. The summed E-state index contributed by atoms with van der Waals surface area (Å²) in [7, 11) is 3.14. The van der Waals surface area contributed by atoms with E-state index in [1.54, 1.807) is 19.1 Å². The van der Waals surface area contributed by atoms with Crippen LogP contribution in [0.5, 0.6) is 11.5 Å². The first-order valence-electron chi connectivity index (χ1n) is 13.5. The summed E-state index contributed by atoms with van der Waals surface area (Å²) in [5.41, 5.74) is 6.00. The van der Waals surface area contributed by atoms with Crippen molar-refractivity contribution in [2.24, 2.45) is 11.8 Å². The Bertz CT molecular complexity index is 1280. The van der Waals surface area contributed by atoms with Crippen molar-refractivity contribution < 1.29 is 19.1 Å². The number of nitrogens with zero attached hydrogens (tertiary/aromatic N) is 3. The van der Waals surface area contributed by atoms with Crippen LogP contribution in [-0.2, 0) is 22.6 Å². The molecule has 0 saturated carbocycles. The van der Waals surface area contributed by atoms with Gasteiger partial charge in [-0.1, -0.05) is 33.3 Å². The van der Waals surface area contributed by atoms with Crippen molar-refractivity contribution in [3.63, 3.8) is 0 Å². The molecule has 11 heteroatoms. The first-order chi connectivity index (χ1) is 18.6. The summed E-state index contributed by atoms with van der Waals surface area (Å²) in [6.07, 6.45) is 2.79. The van der Waals surface area contributed by atoms with Gasteiger partial charge in [-0.25, -0.2) is 4.79 Å². The van der Waals surface area contributed by atoms with Gasteiger partial charge >= 0.3 is 5.69 Å². The zero-order valence-electron chi connectivity index (χ0n) is 23.6. The Balaban J connectivity index is 1.82. The minimum absolute atomic E-state index is 0.0208. The molecule has 1 saturated heterocycles. The third-order valence-corrected chi connectivity index (χ3v) is 7.10. The van der Waals surface area contributed by atoms with Crippen LogP contribution in [0.15, 0.2) is 27.8 Å². The first-order valence-corrected chi connectivity index (χ1v) is 13.5. The maximum absolute atomic E-state index is 13.8. The van der Waals surface area contributed by atoms with Crippen LogP contribution < -0.4 is 31.4 Å². The van der Waals surface area contributed by atoms with E-state index in [1.807, 2.05) is 39.0 Å². The number of nitrogen functional groups attached to an aromatic ring is 1. The fourth-order valence-electron chi connectivity index (χ4n) is 4.77. The fourth-order valence-corrected chi connectivity index (χ4v) is 4.77. The molecule has 1 atom stereocenters. The van der Waals surface area contributed by atoms with E-state index < -0.39 is 17.2 Å². The summed E-state index contributed by atoms with van der Waals surface area (Å²) >= 11 is 0. The molecule has 39 heavy (non-hydrogen) atoms. The lowest BCUT2D eigenvalue weighted by Gasteiger charge is -2.27. The molecule has 1 aromatic carbocycles. The summed E-state index contributed by atoms with van der Waals surface area (Å²) in [4.78, 5) is 57.5. The molecule has 1 aliphatic rings. The van der Waals surface area contributed by atoms with E-state index in [-0.39, 0.29) is 48.7 Å². The smallest absolute Gasteiger partial charge is 0.330 e. The second kappa shape index (κ2) is 13.3. The van der Waals surface area contributed by atoms with Gasteiger partial charge in [0.25, 0.3) is 5.56 Å². The van der Waals surface area contributed by atoms with E-state index in [0.29, 0.717) is 43.9 Å². The molecule has 2 heterocycles. The largest absolute Gasteiger partial charge is 0.493 e. The van der Waals surface area contributed by atoms with E-state index in [1.165, 1.54) is 9.47 Å². The topological polar surface area (TPSA) is 140 Å². The molecular formula is C28H41N5O6. The fraction of sp³-hybridized carbons (Fsp3) is 0.571. The first kappa shape index (κ1) is 29.8. The van der Waals surface area contributed by atoms with E-state index in [2.05, 4.69) is 4.98 Å². The zero-order chi connectivity index (χ0) is 28.7. The molecule has 0 spiro atoms. The van der Waals surface area contributed by atoms with Crippen LogP contribution in [0.2, 0.25) is 0 Å². The molecule has 1 aliphatic heterocycles. The lowest BCUT2D eigenvalue weighted by atomic mass is 10.0. The number of nitrogens with two attached hydrogens (primary N) is 1. The average Bonchev–Trinajstić information content (AvgIpc) is 3.28. The van der Waals surface area contributed by atoms with Gasteiger partial charge in [0.1, 0.15) is 5.82 Å². The Morgan fingerprint density at radius 3 is 2.51 bits per heavy atom. The van der Waals surface area contributed by atoms with Crippen molar-refractivity contribution in [3.05, 3.63) is 44.6 Å². The van der Waals surface area contributed by atoms with Crippen LogP contribution in [0.25, 0.3) is 0 Å². The monoisotopic (exact) mass is 543 g/mol. The highest BCUT2D eigenvalue weighted by molar-refractivity contribution is 6.00. The number of hydrogen-bond acceptors (Lipinski definition) is 7. The maximum Gasteiger partial charge on any atom is 0.330 e. The number of ether oxygens (including phenoxy) is 2. The Kier molecular flexibility index (Phi) is 10.2. The molecule has 3 rings (SSSR count). The van der Waals surface area contributed by atoms with Crippen molar-refractivity contribution in [3.8, 4) is 11.5 Å². The number of carbonyl (C=O) groups is 2. The van der Waals surface area contributed by atoms with Gasteiger partial charge in [-0.2, -0.15) is 0 Å². The molecule has 0 unspecified atom stereocenters. The van der Waals surface area contributed by atoms with Gasteiger partial charge in [-0.05, 0) is 42.9 Å². The summed E-state index contributed by atoms with van der Waals surface area (Å²) in [5.74, 6) is 0.396. The predicted octanol–water partition coefficient (Wildman–Crippen LogP) is 2.41. The molecule has 0 aliphatic carbocycles. The highest BCUT2D eigenvalue weighted by Crippen LogP contribution is 2.29. The lowest BCUT2D eigenvalue weighted by Crippen LogP contribution is -2.44. The number of unbranched alkanes of at least 4 members (excludes halogenated alkanes) is 1. The van der Waals surface area contributed by atoms with Crippen molar-refractivity contribution in [2.75, 3.05) is 44.5 Å². The van der Waals surface area contributed by atoms with E-state index in [4.69, 9.17) is 15.2 Å². The highest BCUT2D eigenvalue weighted by atomic mass is 16.5. The quantitative estimate of drug-likeness (QED) is 0.395. The number of methoxy groups -OCH3 is 2. The standard InChI is InChI=1S/C28H41N5O6/c1-6-7-12-33-25(29)24(26(35)30-28(33)37)32(14-10-18(2)3)27(36)20-16-23(34)31(17-20)13-11-19-8-9-21(38-4)22(15-19)39-5/h8-9,15,18,20H,6-7,10-14,16-17,29H2,1-5H3,(H,30,35,37)/t20-/m1/s1. The van der Waals surface area contributed by atoms with Crippen molar-refractivity contribution in [2.45, 2.75) is 59.4 Å². The van der Waals surface area contributed by atoms with Crippen LogP contribution in [-0.4, -0.2) is 60.1 Å². The number of hydrogen-bond donors (Lipinski definition) is 2. The lowest BCUT2D eigenvalue weighted by molar-refractivity contribution is -0.128. The number of aromatic amines is 1. The van der Waals surface area contributed by atoms with Gasteiger partial charge in [0, 0.05) is 32.6 Å². The van der Waals surface area contributed by atoms with Gasteiger partial charge in [-0.3, -0.25) is 23.9 Å². The number of benzene rings is 1. The number of nitrogens with one attached hydrogen (secondary N) is 1. The Morgan fingerprint density at radius 1 is 1.15 bits per heavy atom. The Labute approximate surface area is 228 Å². The van der Waals surface area contributed by atoms with Crippen LogP contribution in [0.4, 0.5) is 11.5 Å². The second-order valence-electron chi connectivity index (χ2n) is 10.4. The number of rotatable bonds is 13. The minimum Gasteiger partial charge on any atom is -0.493 e. The van der Waals surface area contributed by atoms with Crippen molar-refractivity contribution in [1.82, 2.24) is 14.5 Å². The number of amides is 2. The molecule has 214 valence electrons.